The number of rotatable bonds is 3. The molecule has 1 aliphatic heterocycles. The van der Waals surface area contributed by atoms with Gasteiger partial charge in [-0.3, -0.25) is 0 Å². The van der Waals surface area contributed by atoms with Gasteiger partial charge in [-0.05, 0) is 30.5 Å². The van der Waals surface area contributed by atoms with E-state index >= 15 is 0 Å². The molecule has 1 fully saturated rings. The van der Waals surface area contributed by atoms with Crippen LogP contribution in [0.4, 0.5) is 4.39 Å². The lowest BCUT2D eigenvalue weighted by Crippen LogP contribution is -2.30. The van der Waals surface area contributed by atoms with Crippen molar-refractivity contribution < 1.29 is 13.9 Å². The number of halogens is 2. The molecule has 0 spiro atoms. The van der Waals surface area contributed by atoms with E-state index in [0.717, 1.165) is 6.42 Å². The molecule has 2 aromatic rings. The molecule has 0 bridgehead atoms. The molecule has 0 radical (unpaired) electrons. The lowest BCUT2D eigenvalue weighted by Gasteiger charge is -2.24. The van der Waals surface area contributed by atoms with Crippen LogP contribution in [0.15, 0.2) is 42.7 Å². The Bertz CT molecular complexity index is 835. The number of aromatic nitrogens is 2. The van der Waals surface area contributed by atoms with Gasteiger partial charge in [0.25, 0.3) is 0 Å². The van der Waals surface area contributed by atoms with Crippen LogP contribution < -0.4 is 0 Å². The van der Waals surface area contributed by atoms with Crippen molar-refractivity contribution in [2.45, 2.75) is 19.6 Å². The third-order valence-corrected chi connectivity index (χ3v) is 4.04. The van der Waals surface area contributed by atoms with Gasteiger partial charge in [0.1, 0.15) is 5.82 Å². The molecular weight excluding hydrogens is 355 g/mol. The summed E-state index contributed by atoms with van der Waals surface area (Å²) in [6.07, 6.45) is 7.82. The van der Waals surface area contributed by atoms with E-state index < -0.39 is 12.1 Å². The van der Waals surface area contributed by atoms with Crippen LogP contribution in [0.1, 0.15) is 18.9 Å². The molecule has 6 heteroatoms. The van der Waals surface area contributed by atoms with Gasteiger partial charge in [0.2, 0.25) is 6.29 Å². The highest BCUT2D eigenvalue weighted by Gasteiger charge is 2.18. The molecule has 0 atom stereocenters. The zero-order valence-electron chi connectivity index (χ0n) is 14.3. The summed E-state index contributed by atoms with van der Waals surface area (Å²) in [5.41, 5.74) is 1.18. The maximum Gasteiger partial charge on any atom is 0.222 e. The fraction of sp³-hybridized carbons (Fsp3) is 0.300. The van der Waals surface area contributed by atoms with Crippen molar-refractivity contribution in [1.82, 2.24) is 9.97 Å². The molecule has 26 heavy (non-hydrogen) atoms. The Morgan fingerprint density at radius 3 is 2.65 bits per heavy atom. The van der Waals surface area contributed by atoms with Crippen LogP contribution in [0.25, 0.3) is 11.4 Å². The molecule has 1 aromatic heterocycles. The molecule has 2 heterocycles. The Morgan fingerprint density at radius 2 is 2.00 bits per heavy atom. The highest BCUT2D eigenvalue weighted by Crippen LogP contribution is 2.21. The molecule has 1 aromatic carbocycles. The van der Waals surface area contributed by atoms with Crippen molar-refractivity contribution in [3.05, 3.63) is 59.1 Å². The maximum atomic E-state index is 13.5. The standard InChI is InChI=1S/C20H18ClFN2O2/c1-2-3-4-15-12-25-19(26-13-15)8-5-14-10-23-20(24-11-14)16-6-7-17(21)18(22)9-16/h3-4,6-7,9-11,15,19H,2,12-13H2,1H3/b4-3+/t15-,19-. The smallest absolute Gasteiger partial charge is 0.222 e. The monoisotopic (exact) mass is 372 g/mol. The second-order valence-corrected chi connectivity index (χ2v) is 6.20. The lowest BCUT2D eigenvalue weighted by atomic mass is 10.1. The van der Waals surface area contributed by atoms with E-state index in [4.69, 9.17) is 21.1 Å². The summed E-state index contributed by atoms with van der Waals surface area (Å²) >= 11 is 5.68. The van der Waals surface area contributed by atoms with Crippen LogP contribution in [-0.2, 0) is 9.47 Å². The van der Waals surface area contributed by atoms with E-state index in [-0.39, 0.29) is 10.9 Å². The van der Waals surface area contributed by atoms with Crippen LogP contribution >= 0.6 is 11.6 Å². The summed E-state index contributed by atoms with van der Waals surface area (Å²) < 4.78 is 24.7. The van der Waals surface area contributed by atoms with Crippen molar-refractivity contribution in [3.8, 4) is 23.2 Å². The van der Waals surface area contributed by atoms with Crippen molar-refractivity contribution in [2.75, 3.05) is 13.2 Å². The summed E-state index contributed by atoms with van der Waals surface area (Å²) in [4.78, 5) is 8.43. The molecular formula is C20H18ClFN2O2. The third-order valence-electron chi connectivity index (χ3n) is 3.73. The molecule has 1 aliphatic rings. The lowest BCUT2D eigenvalue weighted by molar-refractivity contribution is -0.160. The van der Waals surface area contributed by atoms with Gasteiger partial charge in [0.05, 0.1) is 23.8 Å². The second kappa shape index (κ2) is 8.91. The summed E-state index contributed by atoms with van der Waals surface area (Å²) in [5, 5.41) is 0.0659. The van der Waals surface area contributed by atoms with E-state index in [0.29, 0.717) is 30.2 Å². The maximum absolute atomic E-state index is 13.5. The molecule has 0 aliphatic carbocycles. The highest BCUT2D eigenvalue weighted by atomic mass is 35.5. The van der Waals surface area contributed by atoms with Gasteiger partial charge < -0.3 is 9.47 Å². The first kappa shape index (κ1) is 18.5. The first-order chi connectivity index (χ1) is 12.7. The van der Waals surface area contributed by atoms with E-state index in [1.54, 1.807) is 18.5 Å². The zero-order valence-corrected chi connectivity index (χ0v) is 15.0. The molecule has 1 saturated heterocycles. The fourth-order valence-corrected chi connectivity index (χ4v) is 2.48. The van der Waals surface area contributed by atoms with Crippen molar-refractivity contribution in [1.29, 1.82) is 0 Å². The van der Waals surface area contributed by atoms with Crippen LogP contribution in [0.2, 0.25) is 5.02 Å². The van der Waals surface area contributed by atoms with E-state index in [2.05, 4.69) is 40.9 Å². The third kappa shape index (κ3) is 4.89. The number of nitrogens with zero attached hydrogens (tertiary/aromatic N) is 2. The molecule has 134 valence electrons. The van der Waals surface area contributed by atoms with Gasteiger partial charge in [0.15, 0.2) is 5.82 Å². The summed E-state index contributed by atoms with van der Waals surface area (Å²) in [6.45, 7) is 3.27. The quantitative estimate of drug-likeness (QED) is 0.597. The zero-order chi connectivity index (χ0) is 18.4. The minimum Gasteiger partial charge on any atom is -0.341 e. The molecule has 0 amide bonds. The summed E-state index contributed by atoms with van der Waals surface area (Å²) in [6, 6.07) is 4.44. The van der Waals surface area contributed by atoms with Crippen LogP contribution in [0.3, 0.4) is 0 Å². The predicted molar refractivity (Wildman–Crippen MR) is 97.9 cm³/mol. The minimum atomic E-state index is -0.550. The van der Waals surface area contributed by atoms with Gasteiger partial charge in [-0.15, -0.1) is 0 Å². The minimum absolute atomic E-state index is 0.0659. The van der Waals surface area contributed by atoms with Crippen LogP contribution in [0, 0.1) is 23.6 Å². The average molecular weight is 373 g/mol. The number of ether oxygens (including phenoxy) is 2. The fourth-order valence-electron chi connectivity index (χ4n) is 2.36. The first-order valence-corrected chi connectivity index (χ1v) is 8.72. The Kier molecular flexibility index (Phi) is 6.35. The number of allylic oxidation sites excluding steroid dienone is 1. The molecule has 3 rings (SSSR count). The van der Waals surface area contributed by atoms with Gasteiger partial charge >= 0.3 is 0 Å². The number of hydrogen-bond acceptors (Lipinski definition) is 4. The Labute approximate surface area is 157 Å². The summed E-state index contributed by atoms with van der Waals surface area (Å²) in [5.74, 6) is 6.02. The molecule has 4 nitrogen and oxygen atoms in total. The Morgan fingerprint density at radius 1 is 1.27 bits per heavy atom. The topological polar surface area (TPSA) is 44.2 Å². The molecule has 0 N–H and O–H groups in total. The van der Waals surface area contributed by atoms with E-state index in [1.165, 1.54) is 12.1 Å². The average Bonchev–Trinajstić information content (AvgIpc) is 2.68. The second-order valence-electron chi connectivity index (χ2n) is 5.79. The molecule has 0 saturated carbocycles. The molecule has 0 unspecified atom stereocenters. The van der Waals surface area contributed by atoms with Crippen molar-refractivity contribution in [2.24, 2.45) is 5.92 Å². The van der Waals surface area contributed by atoms with Gasteiger partial charge in [-0.25, -0.2) is 14.4 Å². The SMILES string of the molecule is CC/C=C/[C@H]1CO[C@H](C#Cc2cnc(-c3ccc(Cl)c(F)c3)nc2)OC1. The van der Waals surface area contributed by atoms with E-state index in [9.17, 15) is 4.39 Å². The number of benzene rings is 1. The van der Waals surface area contributed by atoms with Crippen molar-refractivity contribution in [3.63, 3.8) is 0 Å². The highest BCUT2D eigenvalue weighted by molar-refractivity contribution is 6.30. The number of hydrogen-bond donors (Lipinski definition) is 0. The largest absolute Gasteiger partial charge is 0.341 e. The normalized spacial score (nSPS) is 20.0. The first-order valence-electron chi connectivity index (χ1n) is 8.34. The van der Waals surface area contributed by atoms with Crippen LogP contribution in [0.5, 0.6) is 0 Å². The van der Waals surface area contributed by atoms with Gasteiger partial charge in [0, 0.05) is 23.9 Å². The van der Waals surface area contributed by atoms with E-state index in [1.807, 2.05) is 0 Å². The summed E-state index contributed by atoms with van der Waals surface area (Å²) in [7, 11) is 0. The Balaban J connectivity index is 1.61. The predicted octanol–water partition coefficient (Wildman–Crippen LogP) is 4.24. The van der Waals surface area contributed by atoms with Crippen LogP contribution in [-0.4, -0.2) is 29.5 Å². The van der Waals surface area contributed by atoms with Crippen molar-refractivity contribution >= 4 is 11.6 Å². The Hall–Kier alpha value is -2.26. The van der Waals surface area contributed by atoms with Gasteiger partial charge in [-0.1, -0.05) is 36.6 Å². The van der Waals surface area contributed by atoms with Gasteiger partial charge in [-0.2, -0.15) is 0 Å².